The van der Waals surface area contributed by atoms with Crippen molar-refractivity contribution in [3.05, 3.63) is 59.4 Å². The highest BCUT2D eigenvalue weighted by atomic mass is 32.2. The molecule has 0 bridgehead atoms. The number of aryl methyl sites for hydroxylation is 1. The van der Waals surface area contributed by atoms with Crippen LogP contribution in [0.3, 0.4) is 0 Å². The van der Waals surface area contributed by atoms with E-state index in [1.165, 1.54) is 46.8 Å². The van der Waals surface area contributed by atoms with Crippen molar-refractivity contribution in [1.82, 2.24) is 4.31 Å². The number of benzene rings is 2. The number of piperidine rings is 1. The quantitative estimate of drug-likeness (QED) is 0.853. The molecule has 1 saturated heterocycles. The van der Waals surface area contributed by atoms with Crippen molar-refractivity contribution in [2.24, 2.45) is 5.92 Å². The van der Waals surface area contributed by atoms with Gasteiger partial charge in [-0.3, -0.25) is 4.79 Å². The van der Waals surface area contributed by atoms with Gasteiger partial charge in [-0.1, -0.05) is 0 Å². The number of nitrogens with zero attached hydrogens (tertiary/aromatic N) is 2. The highest BCUT2D eigenvalue weighted by Crippen LogP contribution is 2.26. The fraction of sp³-hybridized carbons (Fsp3) is 0.300. The van der Waals surface area contributed by atoms with Gasteiger partial charge in [-0.25, -0.2) is 12.8 Å². The van der Waals surface area contributed by atoms with Crippen molar-refractivity contribution in [3.63, 3.8) is 0 Å². The van der Waals surface area contributed by atoms with Crippen LogP contribution >= 0.6 is 0 Å². The van der Waals surface area contributed by atoms with Crippen LogP contribution in [0.1, 0.15) is 24.0 Å². The van der Waals surface area contributed by atoms with Crippen molar-refractivity contribution in [2.75, 3.05) is 18.4 Å². The average molecular weight is 401 g/mol. The van der Waals surface area contributed by atoms with Gasteiger partial charge in [0.05, 0.1) is 16.5 Å². The number of carbonyl (C=O) groups excluding carboxylic acids is 1. The van der Waals surface area contributed by atoms with E-state index in [1.54, 1.807) is 6.92 Å². The summed E-state index contributed by atoms with van der Waals surface area (Å²) in [5.41, 5.74) is 1.58. The molecule has 1 aliphatic rings. The van der Waals surface area contributed by atoms with Crippen molar-refractivity contribution < 1.29 is 17.6 Å². The van der Waals surface area contributed by atoms with Crippen LogP contribution in [-0.2, 0) is 14.8 Å². The Morgan fingerprint density at radius 2 is 1.82 bits per heavy atom. The Bertz CT molecular complexity index is 1020. The molecule has 0 saturated carbocycles. The summed E-state index contributed by atoms with van der Waals surface area (Å²) in [5.74, 6) is -0.862. The number of halogens is 1. The normalized spacial score (nSPS) is 15.8. The second-order valence-electron chi connectivity index (χ2n) is 6.76. The van der Waals surface area contributed by atoms with Gasteiger partial charge in [0.15, 0.2) is 0 Å². The molecule has 1 N–H and O–H groups in total. The molecule has 0 radical (unpaired) electrons. The molecule has 0 unspecified atom stereocenters. The standard InChI is InChI=1S/C20H20FN3O3S/c1-14-12-17(21)4-7-19(14)23-20(25)16-8-10-24(11-9-16)28(26,27)18-5-2-15(13-22)3-6-18/h2-7,12,16H,8-11H2,1H3,(H,23,25). The fourth-order valence-electron chi connectivity index (χ4n) is 3.21. The molecule has 0 spiro atoms. The van der Waals surface area contributed by atoms with Gasteiger partial charge in [-0.15, -0.1) is 0 Å². The second-order valence-corrected chi connectivity index (χ2v) is 8.70. The van der Waals surface area contributed by atoms with Crippen LogP contribution < -0.4 is 5.32 Å². The summed E-state index contributed by atoms with van der Waals surface area (Å²) in [6.45, 7) is 2.19. The minimum atomic E-state index is -3.66. The smallest absolute Gasteiger partial charge is 0.243 e. The number of hydrogen-bond acceptors (Lipinski definition) is 4. The number of amides is 1. The van der Waals surface area contributed by atoms with Crippen LogP contribution in [-0.4, -0.2) is 31.7 Å². The predicted octanol–water partition coefficient (Wildman–Crippen LogP) is 3.05. The van der Waals surface area contributed by atoms with Crippen LogP contribution in [0.25, 0.3) is 0 Å². The molecule has 1 aliphatic heterocycles. The van der Waals surface area contributed by atoms with E-state index in [0.29, 0.717) is 29.7 Å². The summed E-state index contributed by atoms with van der Waals surface area (Å²) < 4.78 is 40.0. The number of rotatable bonds is 4. The largest absolute Gasteiger partial charge is 0.326 e. The van der Waals surface area contributed by atoms with E-state index in [2.05, 4.69) is 5.32 Å². The first-order valence-electron chi connectivity index (χ1n) is 8.88. The molecule has 1 fully saturated rings. The predicted molar refractivity (Wildman–Crippen MR) is 102 cm³/mol. The third kappa shape index (κ3) is 4.21. The molecule has 2 aromatic carbocycles. The van der Waals surface area contributed by atoms with Gasteiger partial charge in [-0.05, 0) is 67.8 Å². The fourth-order valence-corrected chi connectivity index (χ4v) is 4.68. The third-order valence-corrected chi connectivity index (χ3v) is 6.81. The highest BCUT2D eigenvalue weighted by molar-refractivity contribution is 7.89. The molecule has 0 atom stereocenters. The average Bonchev–Trinajstić information content (AvgIpc) is 2.70. The zero-order valence-corrected chi connectivity index (χ0v) is 16.2. The number of nitriles is 1. The maximum absolute atomic E-state index is 13.2. The Kier molecular flexibility index (Phi) is 5.77. The Morgan fingerprint density at radius 1 is 1.18 bits per heavy atom. The molecular formula is C20H20FN3O3S. The Morgan fingerprint density at radius 3 is 2.39 bits per heavy atom. The first kappa shape index (κ1) is 20.0. The van der Waals surface area contributed by atoms with E-state index >= 15 is 0 Å². The van der Waals surface area contributed by atoms with Gasteiger partial charge in [0, 0.05) is 24.7 Å². The molecule has 1 amide bonds. The maximum Gasteiger partial charge on any atom is 0.243 e. The van der Waals surface area contributed by atoms with Crippen molar-refractivity contribution in [2.45, 2.75) is 24.7 Å². The lowest BCUT2D eigenvalue weighted by Gasteiger charge is -2.30. The number of sulfonamides is 1. The minimum Gasteiger partial charge on any atom is -0.326 e. The number of hydrogen-bond donors (Lipinski definition) is 1. The zero-order chi connectivity index (χ0) is 20.3. The zero-order valence-electron chi connectivity index (χ0n) is 15.4. The SMILES string of the molecule is Cc1cc(F)ccc1NC(=O)C1CCN(S(=O)(=O)c2ccc(C#N)cc2)CC1. The van der Waals surface area contributed by atoms with Gasteiger partial charge in [0.2, 0.25) is 15.9 Å². The molecule has 0 aromatic heterocycles. The van der Waals surface area contributed by atoms with Crippen molar-refractivity contribution in [1.29, 1.82) is 5.26 Å². The summed E-state index contributed by atoms with van der Waals surface area (Å²) >= 11 is 0. The van der Waals surface area contributed by atoms with E-state index in [1.807, 2.05) is 6.07 Å². The van der Waals surface area contributed by atoms with E-state index in [4.69, 9.17) is 5.26 Å². The Balaban J connectivity index is 1.63. The number of nitrogens with one attached hydrogen (secondary N) is 1. The lowest BCUT2D eigenvalue weighted by atomic mass is 9.97. The maximum atomic E-state index is 13.2. The molecule has 2 aromatic rings. The van der Waals surface area contributed by atoms with Crippen molar-refractivity contribution >= 4 is 21.6 Å². The molecule has 6 nitrogen and oxygen atoms in total. The van der Waals surface area contributed by atoms with Crippen LogP contribution in [0.15, 0.2) is 47.4 Å². The van der Waals surface area contributed by atoms with Crippen LogP contribution in [0.4, 0.5) is 10.1 Å². The molecule has 0 aliphatic carbocycles. The Hall–Kier alpha value is -2.76. The van der Waals surface area contributed by atoms with Crippen LogP contribution in [0.5, 0.6) is 0 Å². The number of anilines is 1. The lowest BCUT2D eigenvalue weighted by molar-refractivity contribution is -0.120. The van der Waals surface area contributed by atoms with E-state index < -0.39 is 10.0 Å². The molecule has 8 heteroatoms. The van der Waals surface area contributed by atoms with Gasteiger partial charge < -0.3 is 5.32 Å². The molecular weight excluding hydrogens is 381 g/mol. The highest BCUT2D eigenvalue weighted by Gasteiger charge is 2.32. The third-order valence-electron chi connectivity index (χ3n) is 4.89. The topological polar surface area (TPSA) is 90.3 Å². The van der Waals surface area contributed by atoms with E-state index in [9.17, 15) is 17.6 Å². The second kappa shape index (κ2) is 8.09. The summed E-state index contributed by atoms with van der Waals surface area (Å²) in [4.78, 5) is 12.6. The van der Waals surface area contributed by atoms with Gasteiger partial charge in [0.25, 0.3) is 0 Å². The van der Waals surface area contributed by atoms with E-state index in [-0.39, 0.29) is 35.6 Å². The van der Waals surface area contributed by atoms with Crippen LogP contribution in [0.2, 0.25) is 0 Å². The summed E-state index contributed by atoms with van der Waals surface area (Å²) in [5, 5.41) is 11.6. The lowest BCUT2D eigenvalue weighted by Crippen LogP contribution is -2.41. The van der Waals surface area contributed by atoms with Gasteiger partial charge in [0.1, 0.15) is 5.82 Å². The molecule has 1 heterocycles. The number of carbonyl (C=O) groups is 1. The first-order chi connectivity index (χ1) is 13.3. The van der Waals surface area contributed by atoms with Crippen molar-refractivity contribution in [3.8, 4) is 6.07 Å². The van der Waals surface area contributed by atoms with Gasteiger partial charge >= 0.3 is 0 Å². The summed E-state index contributed by atoms with van der Waals surface area (Å²) in [7, 11) is -3.66. The summed E-state index contributed by atoms with van der Waals surface area (Å²) in [6.07, 6.45) is 0.809. The molecule has 146 valence electrons. The monoisotopic (exact) mass is 401 g/mol. The molecule has 3 rings (SSSR count). The summed E-state index contributed by atoms with van der Waals surface area (Å²) in [6, 6.07) is 11.9. The minimum absolute atomic E-state index is 0.135. The Labute approximate surface area is 163 Å². The first-order valence-corrected chi connectivity index (χ1v) is 10.3. The van der Waals surface area contributed by atoms with Crippen LogP contribution in [0, 0.1) is 30.0 Å². The molecule has 28 heavy (non-hydrogen) atoms. The van der Waals surface area contributed by atoms with Gasteiger partial charge in [-0.2, -0.15) is 9.57 Å². The van der Waals surface area contributed by atoms with E-state index in [0.717, 1.165) is 0 Å².